The van der Waals surface area contributed by atoms with Gasteiger partial charge in [-0.1, -0.05) is 13.8 Å². The van der Waals surface area contributed by atoms with E-state index in [9.17, 15) is 4.79 Å². The first-order valence-corrected chi connectivity index (χ1v) is 7.02. The molecule has 1 aliphatic heterocycles. The minimum atomic E-state index is 0.101. The van der Waals surface area contributed by atoms with Crippen molar-refractivity contribution in [2.24, 2.45) is 5.92 Å². The molecule has 0 bridgehead atoms. The van der Waals surface area contributed by atoms with E-state index in [1.807, 2.05) is 31.1 Å². The third kappa shape index (κ3) is 3.32. The number of nitrogens with zero attached hydrogens (tertiary/aromatic N) is 3. The first-order valence-electron chi connectivity index (χ1n) is 7.02. The molecule has 1 aromatic rings. The van der Waals surface area contributed by atoms with Crippen molar-refractivity contribution in [3.05, 3.63) is 30.1 Å². The Balaban J connectivity index is 1.91. The van der Waals surface area contributed by atoms with Gasteiger partial charge in [0.25, 0.3) is 0 Å². The molecule has 4 nitrogen and oxygen atoms in total. The number of carbonyl (C=O) groups excluding carboxylic acids is 1. The average molecular weight is 261 g/mol. The molecule has 19 heavy (non-hydrogen) atoms. The lowest BCUT2D eigenvalue weighted by Gasteiger charge is -2.38. The second kappa shape index (κ2) is 6.15. The second-order valence-corrected chi connectivity index (χ2v) is 5.47. The Bertz CT molecular complexity index is 411. The number of hydrogen-bond acceptors (Lipinski definition) is 3. The van der Waals surface area contributed by atoms with Gasteiger partial charge in [-0.15, -0.1) is 0 Å². The summed E-state index contributed by atoms with van der Waals surface area (Å²) in [5, 5.41) is 0. The van der Waals surface area contributed by atoms with E-state index in [0.717, 1.165) is 26.2 Å². The van der Waals surface area contributed by atoms with E-state index < -0.39 is 0 Å². The molecule has 0 aliphatic carbocycles. The van der Waals surface area contributed by atoms with E-state index in [-0.39, 0.29) is 11.8 Å². The van der Waals surface area contributed by atoms with E-state index in [2.05, 4.69) is 28.9 Å². The van der Waals surface area contributed by atoms with Gasteiger partial charge < -0.3 is 4.90 Å². The molecular formula is C15H23N3O. The van der Waals surface area contributed by atoms with Gasteiger partial charge in [-0.2, -0.15) is 0 Å². The molecule has 0 aromatic carbocycles. The lowest BCUT2D eigenvalue weighted by molar-refractivity contribution is -0.136. The van der Waals surface area contributed by atoms with Crippen LogP contribution < -0.4 is 0 Å². The Labute approximate surface area is 115 Å². The molecule has 1 fully saturated rings. The van der Waals surface area contributed by atoms with Crippen LogP contribution in [-0.2, 0) is 4.79 Å². The van der Waals surface area contributed by atoms with Gasteiger partial charge in [0.1, 0.15) is 0 Å². The smallest absolute Gasteiger partial charge is 0.225 e. The van der Waals surface area contributed by atoms with Crippen LogP contribution in [0.15, 0.2) is 24.5 Å². The summed E-state index contributed by atoms with van der Waals surface area (Å²) in [5.74, 6) is 0.375. The van der Waals surface area contributed by atoms with Crippen molar-refractivity contribution in [3.8, 4) is 0 Å². The van der Waals surface area contributed by atoms with Crippen LogP contribution >= 0.6 is 0 Å². The lowest BCUT2D eigenvalue weighted by Crippen LogP contribution is -2.50. The SMILES string of the molecule is CC(C)C(=O)N1CCN(C(C)c2ccncc2)CC1. The van der Waals surface area contributed by atoms with Gasteiger partial charge >= 0.3 is 0 Å². The van der Waals surface area contributed by atoms with E-state index in [1.54, 1.807) is 0 Å². The molecule has 4 heteroatoms. The molecule has 2 rings (SSSR count). The zero-order chi connectivity index (χ0) is 13.8. The van der Waals surface area contributed by atoms with Crippen molar-refractivity contribution in [2.75, 3.05) is 26.2 Å². The van der Waals surface area contributed by atoms with Gasteiger partial charge in [-0.25, -0.2) is 0 Å². The van der Waals surface area contributed by atoms with Crippen molar-refractivity contribution < 1.29 is 4.79 Å². The summed E-state index contributed by atoms with van der Waals surface area (Å²) < 4.78 is 0. The van der Waals surface area contributed by atoms with E-state index in [0.29, 0.717) is 6.04 Å². The van der Waals surface area contributed by atoms with Gasteiger partial charge in [-0.05, 0) is 24.6 Å². The largest absolute Gasteiger partial charge is 0.340 e. The molecule has 1 aliphatic rings. The van der Waals surface area contributed by atoms with Crippen molar-refractivity contribution in [1.29, 1.82) is 0 Å². The molecule has 0 spiro atoms. The first-order chi connectivity index (χ1) is 9.09. The molecule has 1 aromatic heterocycles. The van der Waals surface area contributed by atoms with Crippen LogP contribution in [0.2, 0.25) is 0 Å². The number of hydrogen-bond donors (Lipinski definition) is 0. The predicted molar refractivity (Wildman–Crippen MR) is 75.6 cm³/mol. The second-order valence-electron chi connectivity index (χ2n) is 5.47. The highest BCUT2D eigenvalue weighted by Gasteiger charge is 2.25. The van der Waals surface area contributed by atoms with Crippen LogP contribution in [0.1, 0.15) is 32.4 Å². The van der Waals surface area contributed by atoms with Gasteiger partial charge in [0.05, 0.1) is 0 Å². The van der Waals surface area contributed by atoms with E-state index >= 15 is 0 Å². The first kappa shape index (κ1) is 14.0. The van der Waals surface area contributed by atoms with Crippen LogP contribution in [-0.4, -0.2) is 46.9 Å². The summed E-state index contributed by atoms with van der Waals surface area (Å²) in [6.07, 6.45) is 3.68. The Kier molecular flexibility index (Phi) is 4.53. The normalized spacial score (nSPS) is 18.6. The fraction of sp³-hybridized carbons (Fsp3) is 0.600. The van der Waals surface area contributed by atoms with Crippen molar-refractivity contribution in [1.82, 2.24) is 14.8 Å². The fourth-order valence-corrected chi connectivity index (χ4v) is 2.55. The number of carbonyl (C=O) groups is 1. The number of piperazine rings is 1. The summed E-state index contributed by atoms with van der Waals surface area (Å²) in [7, 11) is 0. The maximum Gasteiger partial charge on any atom is 0.225 e. The Morgan fingerprint density at radius 3 is 2.21 bits per heavy atom. The van der Waals surface area contributed by atoms with Crippen LogP contribution in [0.5, 0.6) is 0 Å². The maximum atomic E-state index is 11.9. The quantitative estimate of drug-likeness (QED) is 0.834. The summed E-state index contributed by atoms with van der Waals surface area (Å²) in [6, 6.07) is 4.52. The zero-order valence-corrected chi connectivity index (χ0v) is 12.0. The summed E-state index contributed by atoms with van der Waals surface area (Å²) in [4.78, 5) is 20.4. The van der Waals surface area contributed by atoms with Crippen molar-refractivity contribution in [2.45, 2.75) is 26.8 Å². The highest BCUT2D eigenvalue weighted by Crippen LogP contribution is 2.21. The minimum Gasteiger partial charge on any atom is -0.340 e. The van der Waals surface area contributed by atoms with Gasteiger partial charge in [-0.3, -0.25) is 14.7 Å². The molecule has 1 unspecified atom stereocenters. The van der Waals surface area contributed by atoms with Gasteiger partial charge in [0.15, 0.2) is 0 Å². The van der Waals surface area contributed by atoms with Gasteiger partial charge in [0.2, 0.25) is 5.91 Å². The Morgan fingerprint density at radius 2 is 1.68 bits per heavy atom. The van der Waals surface area contributed by atoms with Crippen LogP contribution in [0, 0.1) is 5.92 Å². The zero-order valence-electron chi connectivity index (χ0n) is 12.0. The van der Waals surface area contributed by atoms with Crippen molar-refractivity contribution in [3.63, 3.8) is 0 Å². The van der Waals surface area contributed by atoms with Gasteiger partial charge in [0, 0.05) is 50.5 Å². The molecular weight excluding hydrogens is 238 g/mol. The topological polar surface area (TPSA) is 36.4 Å². The van der Waals surface area contributed by atoms with Crippen molar-refractivity contribution >= 4 is 5.91 Å². The number of amides is 1. The van der Waals surface area contributed by atoms with E-state index in [1.165, 1.54) is 5.56 Å². The molecule has 104 valence electrons. The molecule has 1 saturated heterocycles. The number of pyridine rings is 1. The fourth-order valence-electron chi connectivity index (χ4n) is 2.55. The van der Waals surface area contributed by atoms with Crippen LogP contribution in [0.4, 0.5) is 0 Å². The Morgan fingerprint density at radius 1 is 1.11 bits per heavy atom. The highest BCUT2D eigenvalue weighted by atomic mass is 16.2. The standard InChI is InChI=1S/C15H23N3O/c1-12(2)15(19)18-10-8-17(9-11-18)13(3)14-4-6-16-7-5-14/h4-7,12-13H,8-11H2,1-3H3. The van der Waals surface area contributed by atoms with E-state index in [4.69, 9.17) is 0 Å². The molecule has 0 N–H and O–H groups in total. The lowest BCUT2D eigenvalue weighted by atomic mass is 10.1. The Hall–Kier alpha value is -1.42. The third-order valence-electron chi connectivity index (χ3n) is 3.86. The van der Waals surface area contributed by atoms with Crippen LogP contribution in [0.3, 0.4) is 0 Å². The molecule has 1 atom stereocenters. The average Bonchev–Trinajstić information content (AvgIpc) is 2.46. The molecule has 2 heterocycles. The van der Waals surface area contributed by atoms with Crippen LogP contribution in [0.25, 0.3) is 0 Å². The maximum absolute atomic E-state index is 11.9. The predicted octanol–water partition coefficient (Wildman–Crippen LogP) is 1.94. The third-order valence-corrected chi connectivity index (χ3v) is 3.86. The summed E-state index contributed by atoms with van der Waals surface area (Å²) >= 11 is 0. The summed E-state index contributed by atoms with van der Waals surface area (Å²) in [6.45, 7) is 9.72. The number of aromatic nitrogens is 1. The summed E-state index contributed by atoms with van der Waals surface area (Å²) in [5.41, 5.74) is 1.29. The highest BCUT2D eigenvalue weighted by molar-refractivity contribution is 5.78. The molecule has 0 radical (unpaired) electrons. The minimum absolute atomic E-state index is 0.101. The molecule has 1 amide bonds. The monoisotopic (exact) mass is 261 g/mol. The number of rotatable bonds is 3. The molecule has 0 saturated carbocycles.